The van der Waals surface area contributed by atoms with Crippen molar-refractivity contribution in [1.29, 1.82) is 0 Å². The van der Waals surface area contributed by atoms with E-state index in [4.69, 9.17) is 15.9 Å². The van der Waals surface area contributed by atoms with Gasteiger partial charge in [-0.15, -0.1) is 0 Å². The summed E-state index contributed by atoms with van der Waals surface area (Å²) >= 11 is 7.12. The van der Waals surface area contributed by atoms with Crippen LogP contribution in [-0.4, -0.2) is 64.0 Å². The number of hydrogen-bond acceptors (Lipinski definition) is 8. The monoisotopic (exact) mass is 414 g/mol. The molecule has 0 aliphatic carbocycles. The predicted octanol–water partition coefficient (Wildman–Crippen LogP) is 2.31. The number of nitrogens with two attached hydrogens (primary N) is 1. The fourth-order valence-corrected chi connectivity index (χ4v) is 2.63. The van der Waals surface area contributed by atoms with Crippen molar-refractivity contribution >= 4 is 53.7 Å². The zero-order chi connectivity index (χ0) is 20.3. The second-order valence-electron chi connectivity index (χ2n) is 4.58. The normalized spacial score (nSPS) is 11.7. The molecule has 10 heteroatoms. The van der Waals surface area contributed by atoms with E-state index in [-0.39, 0.29) is 12.2 Å². The molecule has 0 aromatic rings. The van der Waals surface area contributed by atoms with Crippen molar-refractivity contribution in [1.82, 2.24) is 0 Å². The minimum Gasteiger partial charge on any atom is -0.481 e. The molecule has 2 unspecified atom stereocenters. The maximum Gasteiger partial charge on any atom is 0.321 e. The van der Waals surface area contributed by atoms with Gasteiger partial charge in [0.15, 0.2) is 0 Å². The Kier molecular flexibility index (Phi) is 24.8. The van der Waals surface area contributed by atoms with Crippen molar-refractivity contribution in [3.63, 3.8) is 0 Å². The van der Waals surface area contributed by atoms with E-state index in [0.717, 1.165) is 11.5 Å². The Hall–Kier alpha value is -0.710. The van der Waals surface area contributed by atoms with Crippen molar-refractivity contribution in [3.8, 4) is 0 Å². The van der Waals surface area contributed by atoms with Crippen LogP contribution in [0.1, 0.15) is 33.6 Å². The topological polar surface area (TPSA) is 130 Å². The zero-order valence-electron chi connectivity index (χ0n) is 15.3. The summed E-state index contributed by atoms with van der Waals surface area (Å²) < 4.78 is 3.08. The Balaban J connectivity index is -0.000000350. The van der Waals surface area contributed by atoms with Crippen LogP contribution < -0.4 is 5.73 Å². The third-order valence-electron chi connectivity index (χ3n) is 2.56. The van der Waals surface area contributed by atoms with Gasteiger partial charge in [-0.3, -0.25) is 14.4 Å². The number of rotatable bonds is 11. The highest BCUT2D eigenvalue weighted by Gasteiger charge is 2.19. The number of carboxylic acid groups (broad SMARTS) is 2. The van der Waals surface area contributed by atoms with Gasteiger partial charge in [-0.05, 0) is 11.5 Å². The maximum absolute atomic E-state index is 11.0. The Labute approximate surface area is 164 Å². The van der Waals surface area contributed by atoms with Gasteiger partial charge in [-0.2, -0.15) is 23.5 Å². The first-order valence-electron chi connectivity index (χ1n) is 7.81. The Morgan fingerprint density at radius 2 is 1.48 bits per heavy atom. The first-order chi connectivity index (χ1) is 11.7. The van der Waals surface area contributed by atoms with Gasteiger partial charge in [0.05, 0.1) is 5.92 Å². The lowest BCUT2D eigenvalue weighted by Gasteiger charge is -2.09. The molecule has 7 nitrogen and oxygen atoms in total. The molecule has 2 atom stereocenters. The largest absolute Gasteiger partial charge is 0.481 e. The van der Waals surface area contributed by atoms with Crippen molar-refractivity contribution in [2.75, 3.05) is 30.1 Å². The quantitative estimate of drug-likeness (QED) is 0.466. The van der Waals surface area contributed by atoms with Gasteiger partial charge in [0.1, 0.15) is 11.8 Å². The van der Waals surface area contributed by atoms with Crippen LogP contribution in [0.25, 0.3) is 0 Å². The predicted molar refractivity (Wildman–Crippen MR) is 108 cm³/mol. The molecule has 25 heavy (non-hydrogen) atoms. The highest BCUT2D eigenvalue weighted by Crippen LogP contribution is 2.13. The summed E-state index contributed by atoms with van der Waals surface area (Å²) in [5.74, 6) is 0.606. The Morgan fingerprint density at radius 3 is 1.80 bits per heavy atom. The molecule has 0 amide bonds. The van der Waals surface area contributed by atoms with Crippen LogP contribution in [0.15, 0.2) is 4.36 Å². The second kappa shape index (κ2) is 21.3. The van der Waals surface area contributed by atoms with Gasteiger partial charge in [-0.1, -0.05) is 20.8 Å². The van der Waals surface area contributed by atoms with E-state index in [1.54, 1.807) is 25.7 Å². The minimum absolute atomic E-state index is 0.0316. The molecule has 0 heterocycles. The first-order valence-corrected chi connectivity index (χ1v) is 10.5. The van der Waals surface area contributed by atoms with E-state index in [1.165, 1.54) is 11.8 Å². The van der Waals surface area contributed by atoms with E-state index in [0.29, 0.717) is 17.9 Å². The molecule has 0 saturated carbocycles. The lowest BCUT2D eigenvalue weighted by atomic mass is 10.0. The minimum atomic E-state index is -0.920. The molecule has 148 valence electrons. The molecule has 0 fully saturated rings. The van der Waals surface area contributed by atoms with Gasteiger partial charge in [0, 0.05) is 43.8 Å². The van der Waals surface area contributed by atoms with Crippen LogP contribution in [0.4, 0.5) is 0 Å². The Morgan fingerprint density at radius 1 is 1.04 bits per heavy atom. The molecular formula is C15H30N2O5S3. The molecular weight excluding hydrogens is 384 g/mol. The average molecular weight is 415 g/mol. The molecule has 0 bridgehead atoms. The maximum atomic E-state index is 11.0. The smallest absolute Gasteiger partial charge is 0.321 e. The lowest BCUT2D eigenvalue weighted by Crippen LogP contribution is -2.32. The van der Waals surface area contributed by atoms with Gasteiger partial charge in [0.2, 0.25) is 0 Å². The molecule has 4 N–H and O–H groups in total. The number of carbonyl (C=O) groups is 3. The number of ketones is 1. The molecule has 0 aliphatic rings. The number of aliphatic carboxylic acids is 2. The van der Waals surface area contributed by atoms with Gasteiger partial charge in [-0.25, -0.2) is 4.36 Å². The molecule has 0 rings (SSSR count). The summed E-state index contributed by atoms with van der Waals surface area (Å²) in [5, 5.41) is 17.0. The van der Waals surface area contributed by atoms with E-state index in [2.05, 4.69) is 16.8 Å². The first kappa shape index (κ1) is 29.1. The number of thioether (sulfide) groups is 2. The third-order valence-corrected chi connectivity index (χ3v) is 4.61. The summed E-state index contributed by atoms with van der Waals surface area (Å²) in [7, 11) is 1.56. The number of carbonyl (C=O) groups excluding carboxylic acids is 1. The summed E-state index contributed by atoms with van der Waals surface area (Å²) in [6.45, 7) is 5.71. The summed E-state index contributed by atoms with van der Waals surface area (Å²) in [6.07, 6.45) is 0.611. The Bertz CT molecular complexity index is 384. The van der Waals surface area contributed by atoms with Crippen LogP contribution in [-0.2, 0) is 26.8 Å². The zero-order valence-corrected chi connectivity index (χ0v) is 17.7. The van der Waals surface area contributed by atoms with Crippen LogP contribution in [0.5, 0.6) is 0 Å². The molecule has 0 spiro atoms. The number of carboxylic acids is 2. The highest BCUT2D eigenvalue weighted by molar-refractivity contribution is 7.99. The summed E-state index contributed by atoms with van der Waals surface area (Å²) in [4.78, 5) is 31.8. The standard InChI is InChI=1S/C9H16O3S.C5H11NO2S.CH3NS/c1-3-8(10)5-7(9(11)12)6-13-4-2;1-2-9-3-4(6)5(7)8;1-2-3/h7H,3-6H2,1-2H3,(H,11,12);4H,2-3,6H2,1H3,(H,7,8);1H3. The van der Waals surface area contributed by atoms with Crippen LogP contribution in [0, 0.1) is 5.92 Å². The summed E-state index contributed by atoms with van der Waals surface area (Å²) in [5.41, 5.74) is 5.18. The fourth-order valence-electron chi connectivity index (χ4n) is 1.21. The van der Waals surface area contributed by atoms with Crippen LogP contribution in [0.2, 0.25) is 0 Å². The third kappa shape index (κ3) is 23.3. The van der Waals surface area contributed by atoms with Crippen LogP contribution in [0.3, 0.4) is 0 Å². The molecule has 0 radical (unpaired) electrons. The molecule has 0 aliphatic heterocycles. The van der Waals surface area contributed by atoms with Gasteiger partial charge < -0.3 is 15.9 Å². The number of nitrogens with zero attached hydrogens (tertiary/aromatic N) is 1. The number of hydrogen-bond donors (Lipinski definition) is 3. The highest BCUT2D eigenvalue weighted by atomic mass is 32.2. The van der Waals surface area contributed by atoms with Crippen LogP contribution >= 0.6 is 23.5 Å². The van der Waals surface area contributed by atoms with Crippen molar-refractivity contribution < 1.29 is 24.6 Å². The molecule has 0 aromatic carbocycles. The van der Waals surface area contributed by atoms with Gasteiger partial charge in [0.25, 0.3) is 0 Å². The number of Topliss-reactive ketones (excluding diaryl/α,β-unsaturated/α-hetero) is 1. The van der Waals surface area contributed by atoms with E-state index in [9.17, 15) is 14.4 Å². The van der Waals surface area contributed by atoms with Crippen molar-refractivity contribution in [2.24, 2.45) is 16.0 Å². The van der Waals surface area contributed by atoms with Crippen molar-refractivity contribution in [3.05, 3.63) is 0 Å². The molecule has 0 saturated heterocycles. The average Bonchev–Trinajstić information content (AvgIpc) is 2.56. The SMILES string of the molecule is CCSCC(CC(=O)CC)C(=O)O.CCSCC(N)C(=O)O.CN=S. The van der Waals surface area contributed by atoms with E-state index in [1.807, 2.05) is 13.8 Å². The second-order valence-corrected chi connectivity index (χ2v) is 7.58. The van der Waals surface area contributed by atoms with Gasteiger partial charge >= 0.3 is 11.9 Å². The fraction of sp³-hybridized carbons (Fsp3) is 0.800. The van der Waals surface area contributed by atoms with E-state index < -0.39 is 23.9 Å². The van der Waals surface area contributed by atoms with Crippen molar-refractivity contribution in [2.45, 2.75) is 39.7 Å². The summed E-state index contributed by atoms with van der Waals surface area (Å²) in [6, 6.07) is -0.699. The lowest BCUT2D eigenvalue weighted by molar-refractivity contribution is -0.142. The molecule has 0 aromatic heterocycles. The van der Waals surface area contributed by atoms with E-state index >= 15 is 0 Å².